The van der Waals surface area contributed by atoms with E-state index in [4.69, 9.17) is 0 Å². The second-order valence-corrected chi connectivity index (χ2v) is 7.82. The minimum atomic E-state index is -3.51. The van der Waals surface area contributed by atoms with E-state index in [2.05, 4.69) is 11.6 Å². The number of Topliss-reactive ketones (excluding diaryl/α,β-unsaturated/α-hetero) is 1. The monoisotopic (exact) mass is 324 g/mol. The molecule has 1 aliphatic rings. The summed E-state index contributed by atoms with van der Waals surface area (Å²) < 4.78 is 28.8. The number of rotatable bonds is 6. The molecule has 2 atom stereocenters. The Labute approximate surface area is 132 Å². The second-order valence-electron chi connectivity index (χ2n) is 6.12. The van der Waals surface area contributed by atoms with Gasteiger partial charge in [0.2, 0.25) is 0 Å². The van der Waals surface area contributed by atoms with E-state index in [1.807, 2.05) is 6.07 Å². The molecule has 0 aliphatic carbocycles. The van der Waals surface area contributed by atoms with Crippen molar-refractivity contribution in [3.63, 3.8) is 0 Å². The summed E-state index contributed by atoms with van der Waals surface area (Å²) in [6, 6.07) is 8.52. The van der Waals surface area contributed by atoms with Gasteiger partial charge in [-0.1, -0.05) is 37.3 Å². The zero-order valence-electron chi connectivity index (χ0n) is 13.2. The van der Waals surface area contributed by atoms with E-state index in [9.17, 15) is 13.2 Å². The van der Waals surface area contributed by atoms with Crippen LogP contribution in [0.3, 0.4) is 0 Å². The van der Waals surface area contributed by atoms with Crippen molar-refractivity contribution < 1.29 is 13.2 Å². The molecule has 1 N–H and O–H groups in total. The van der Waals surface area contributed by atoms with Crippen molar-refractivity contribution in [1.29, 1.82) is 0 Å². The summed E-state index contributed by atoms with van der Waals surface area (Å²) in [6.45, 7) is 4.89. The molecule has 0 aromatic heterocycles. The second kappa shape index (κ2) is 7.35. The van der Waals surface area contributed by atoms with E-state index in [0.29, 0.717) is 24.6 Å². The first-order valence-electron chi connectivity index (χ1n) is 7.74. The predicted octanol–water partition coefficient (Wildman–Crippen LogP) is 2.21. The first kappa shape index (κ1) is 17.1. The van der Waals surface area contributed by atoms with E-state index >= 15 is 0 Å². The van der Waals surface area contributed by atoms with Crippen LogP contribution in [-0.4, -0.2) is 37.6 Å². The molecule has 0 radical (unpaired) electrons. The van der Waals surface area contributed by atoms with Crippen LogP contribution in [0.1, 0.15) is 43.5 Å². The number of ketones is 1. The summed E-state index contributed by atoms with van der Waals surface area (Å²) in [4.78, 5) is 12.1. The largest absolute Gasteiger partial charge is 0.294 e. The Kier molecular flexibility index (Phi) is 5.72. The fraction of sp³-hybridized carbons (Fsp3) is 0.562. The highest BCUT2D eigenvalue weighted by molar-refractivity contribution is 7.87. The van der Waals surface area contributed by atoms with E-state index in [1.165, 1.54) is 4.31 Å². The smallest absolute Gasteiger partial charge is 0.279 e. The molecule has 1 fully saturated rings. The number of hydrogen-bond donors (Lipinski definition) is 1. The number of piperidine rings is 1. The molecule has 122 valence electrons. The van der Waals surface area contributed by atoms with Crippen molar-refractivity contribution in [3.05, 3.63) is 35.9 Å². The minimum absolute atomic E-state index is 0.0530. The van der Waals surface area contributed by atoms with Gasteiger partial charge in [-0.25, -0.2) is 0 Å². The van der Waals surface area contributed by atoms with Gasteiger partial charge in [0, 0.05) is 31.1 Å². The average molecular weight is 324 g/mol. The molecular formula is C16H24N2O3S. The molecule has 6 heteroatoms. The van der Waals surface area contributed by atoms with Crippen molar-refractivity contribution in [2.24, 2.45) is 5.92 Å². The van der Waals surface area contributed by atoms with Gasteiger partial charge >= 0.3 is 0 Å². The van der Waals surface area contributed by atoms with E-state index in [0.717, 1.165) is 12.8 Å². The third-order valence-electron chi connectivity index (χ3n) is 3.90. The van der Waals surface area contributed by atoms with Gasteiger partial charge in [-0.15, -0.1) is 0 Å². The number of benzene rings is 1. The third-order valence-corrected chi connectivity index (χ3v) is 5.61. The van der Waals surface area contributed by atoms with Gasteiger partial charge in [0.15, 0.2) is 5.78 Å². The molecule has 0 amide bonds. The van der Waals surface area contributed by atoms with Crippen LogP contribution >= 0.6 is 0 Å². The zero-order valence-corrected chi connectivity index (χ0v) is 14.0. The minimum Gasteiger partial charge on any atom is -0.294 e. The summed E-state index contributed by atoms with van der Waals surface area (Å²) in [5.74, 6) is 0.328. The Hall–Kier alpha value is -1.24. The molecule has 1 heterocycles. The zero-order chi connectivity index (χ0) is 16.2. The molecule has 2 rings (SSSR count). The summed E-state index contributed by atoms with van der Waals surface area (Å²) in [6.07, 6.45) is 2.11. The maximum atomic E-state index is 12.4. The highest BCUT2D eigenvalue weighted by Gasteiger charge is 2.28. The average Bonchev–Trinajstić information content (AvgIpc) is 2.47. The van der Waals surface area contributed by atoms with Gasteiger partial charge in [-0.2, -0.15) is 17.4 Å². The SMILES string of the molecule is C[C@@H]1CCCN(S(=O)(=O)N[C@H](C)CC(=O)c2ccccc2)C1. The third kappa shape index (κ3) is 4.63. The molecule has 1 aliphatic heterocycles. The highest BCUT2D eigenvalue weighted by atomic mass is 32.2. The molecule has 0 spiro atoms. The van der Waals surface area contributed by atoms with E-state index < -0.39 is 16.3 Å². The Morgan fingerprint density at radius 2 is 2.05 bits per heavy atom. The van der Waals surface area contributed by atoms with Crippen LogP contribution in [0.2, 0.25) is 0 Å². The van der Waals surface area contributed by atoms with Gasteiger partial charge in [0.25, 0.3) is 10.2 Å². The van der Waals surface area contributed by atoms with Crippen LogP contribution in [0.5, 0.6) is 0 Å². The molecule has 0 unspecified atom stereocenters. The first-order chi connectivity index (χ1) is 10.4. The number of carbonyl (C=O) groups excluding carboxylic acids is 1. The van der Waals surface area contributed by atoms with Crippen LogP contribution in [0.25, 0.3) is 0 Å². The van der Waals surface area contributed by atoms with Gasteiger partial charge in [-0.05, 0) is 25.7 Å². The fourth-order valence-corrected chi connectivity index (χ4v) is 4.32. The van der Waals surface area contributed by atoms with Gasteiger partial charge in [-0.3, -0.25) is 4.79 Å². The topological polar surface area (TPSA) is 66.5 Å². The van der Waals surface area contributed by atoms with Crippen LogP contribution in [0.15, 0.2) is 30.3 Å². The Morgan fingerprint density at radius 3 is 2.68 bits per heavy atom. The molecule has 22 heavy (non-hydrogen) atoms. The van der Waals surface area contributed by atoms with Crippen molar-refractivity contribution in [3.8, 4) is 0 Å². The van der Waals surface area contributed by atoms with Crippen molar-refractivity contribution in [2.75, 3.05) is 13.1 Å². The van der Waals surface area contributed by atoms with Crippen LogP contribution in [-0.2, 0) is 10.2 Å². The maximum Gasteiger partial charge on any atom is 0.279 e. The number of nitrogens with zero attached hydrogens (tertiary/aromatic N) is 1. The van der Waals surface area contributed by atoms with Crippen molar-refractivity contribution in [2.45, 2.75) is 39.2 Å². The number of hydrogen-bond acceptors (Lipinski definition) is 3. The summed E-state index contributed by atoms with van der Waals surface area (Å²) in [5.41, 5.74) is 0.611. The molecule has 0 bridgehead atoms. The molecule has 1 saturated heterocycles. The highest BCUT2D eigenvalue weighted by Crippen LogP contribution is 2.18. The van der Waals surface area contributed by atoms with E-state index in [1.54, 1.807) is 31.2 Å². The van der Waals surface area contributed by atoms with Crippen LogP contribution < -0.4 is 4.72 Å². The molecule has 5 nitrogen and oxygen atoms in total. The summed E-state index contributed by atoms with van der Waals surface area (Å²) in [5, 5.41) is 0. The quantitative estimate of drug-likeness (QED) is 0.816. The normalized spacial score (nSPS) is 21.5. The Bertz CT molecular complexity index is 601. The standard InChI is InChI=1S/C16H24N2O3S/c1-13-7-6-10-18(12-13)22(20,21)17-14(2)11-16(19)15-8-4-3-5-9-15/h3-5,8-9,13-14,17H,6-7,10-12H2,1-2H3/t13-,14-/m1/s1. The molecule has 1 aromatic rings. The van der Waals surface area contributed by atoms with Crippen LogP contribution in [0.4, 0.5) is 0 Å². The lowest BCUT2D eigenvalue weighted by Crippen LogP contribution is -2.48. The Balaban J connectivity index is 1.93. The summed E-state index contributed by atoms with van der Waals surface area (Å²) >= 11 is 0. The maximum absolute atomic E-state index is 12.4. The van der Waals surface area contributed by atoms with Gasteiger partial charge in [0.05, 0.1) is 0 Å². The van der Waals surface area contributed by atoms with Crippen molar-refractivity contribution >= 4 is 16.0 Å². The lowest BCUT2D eigenvalue weighted by Gasteiger charge is -2.31. The first-order valence-corrected chi connectivity index (χ1v) is 9.18. The lowest BCUT2D eigenvalue weighted by atomic mass is 10.0. The lowest BCUT2D eigenvalue weighted by molar-refractivity contribution is 0.0974. The number of nitrogens with one attached hydrogen (secondary N) is 1. The van der Waals surface area contributed by atoms with Gasteiger partial charge in [0.1, 0.15) is 0 Å². The molecular weight excluding hydrogens is 300 g/mol. The van der Waals surface area contributed by atoms with Crippen LogP contribution in [0, 0.1) is 5.92 Å². The fourth-order valence-electron chi connectivity index (χ4n) is 2.76. The number of carbonyl (C=O) groups is 1. The Morgan fingerprint density at radius 1 is 1.36 bits per heavy atom. The molecule has 1 aromatic carbocycles. The summed E-state index contributed by atoms with van der Waals surface area (Å²) in [7, 11) is -3.51. The van der Waals surface area contributed by atoms with Gasteiger partial charge < -0.3 is 0 Å². The van der Waals surface area contributed by atoms with Crippen molar-refractivity contribution in [1.82, 2.24) is 9.03 Å². The van der Waals surface area contributed by atoms with E-state index in [-0.39, 0.29) is 12.2 Å². The predicted molar refractivity (Wildman–Crippen MR) is 86.9 cm³/mol. The molecule has 0 saturated carbocycles.